The molecule has 0 aliphatic rings. The molecule has 0 fully saturated rings. The van der Waals surface area contributed by atoms with E-state index in [4.69, 9.17) is 4.74 Å². The van der Waals surface area contributed by atoms with Crippen LogP contribution in [0.3, 0.4) is 0 Å². The van der Waals surface area contributed by atoms with Gasteiger partial charge in [0.1, 0.15) is 17.3 Å². The summed E-state index contributed by atoms with van der Waals surface area (Å²) in [7, 11) is 1.58. The molecule has 0 aliphatic heterocycles. The molecule has 0 aliphatic carbocycles. The van der Waals surface area contributed by atoms with Crippen molar-refractivity contribution < 1.29 is 18.7 Å². The number of likely N-dealkylation sites (N-methyl/N-ethyl adjacent to an activating group) is 1. The van der Waals surface area contributed by atoms with E-state index in [0.717, 1.165) is 0 Å². The largest absolute Gasteiger partial charge is 0.457 e. The molecule has 0 bridgehead atoms. The van der Waals surface area contributed by atoms with Crippen LogP contribution in [0.1, 0.15) is 9.67 Å². The number of hydrogen-bond acceptors (Lipinski definition) is 4. The van der Waals surface area contributed by atoms with E-state index in [1.54, 1.807) is 55.6 Å². The van der Waals surface area contributed by atoms with Crippen LogP contribution in [0.25, 0.3) is 0 Å². The number of amides is 2. The molecular weight excluding hydrogens is 367 g/mol. The normalized spacial score (nSPS) is 10.3. The minimum atomic E-state index is -0.377. The Labute approximate surface area is 160 Å². The average Bonchev–Trinajstić information content (AvgIpc) is 3.17. The third kappa shape index (κ3) is 5.15. The van der Waals surface area contributed by atoms with E-state index in [1.807, 2.05) is 5.38 Å². The SMILES string of the molecule is CN(CC(=O)Nc1ccc(Oc2cccc(F)c2)cc1)C(=O)c1cccs1. The van der Waals surface area contributed by atoms with E-state index in [0.29, 0.717) is 22.1 Å². The molecule has 0 unspecified atom stereocenters. The number of halogens is 1. The van der Waals surface area contributed by atoms with E-state index in [9.17, 15) is 14.0 Å². The van der Waals surface area contributed by atoms with E-state index in [1.165, 1.54) is 28.4 Å². The molecule has 1 aromatic heterocycles. The maximum atomic E-state index is 13.2. The van der Waals surface area contributed by atoms with Gasteiger partial charge in [0.2, 0.25) is 5.91 Å². The Morgan fingerprint density at radius 2 is 1.85 bits per heavy atom. The van der Waals surface area contributed by atoms with Crippen LogP contribution in [0.2, 0.25) is 0 Å². The number of hydrogen-bond donors (Lipinski definition) is 1. The summed E-state index contributed by atoms with van der Waals surface area (Å²) in [6.45, 7) is -0.0573. The van der Waals surface area contributed by atoms with Crippen LogP contribution in [-0.4, -0.2) is 30.3 Å². The second kappa shape index (κ2) is 8.46. The van der Waals surface area contributed by atoms with Crippen LogP contribution in [0.15, 0.2) is 66.0 Å². The topological polar surface area (TPSA) is 58.6 Å². The number of thiophene rings is 1. The van der Waals surface area contributed by atoms with Gasteiger partial charge in [0.15, 0.2) is 0 Å². The molecule has 138 valence electrons. The number of anilines is 1. The Morgan fingerprint density at radius 1 is 1.07 bits per heavy atom. The summed E-state index contributed by atoms with van der Waals surface area (Å²) in [4.78, 5) is 26.2. The standard InChI is InChI=1S/C20H17FN2O3S/c1-23(20(25)18-6-3-11-27-18)13-19(24)22-15-7-9-16(10-8-15)26-17-5-2-4-14(21)12-17/h2-12H,13H2,1H3,(H,22,24). The highest BCUT2D eigenvalue weighted by Gasteiger charge is 2.15. The molecule has 1 N–H and O–H groups in total. The highest BCUT2D eigenvalue weighted by molar-refractivity contribution is 7.12. The second-order valence-electron chi connectivity index (χ2n) is 5.77. The predicted octanol–water partition coefficient (Wildman–Crippen LogP) is 4.39. The van der Waals surface area contributed by atoms with Gasteiger partial charge in [-0.2, -0.15) is 0 Å². The molecule has 7 heteroatoms. The van der Waals surface area contributed by atoms with Gasteiger partial charge in [0.25, 0.3) is 5.91 Å². The number of benzene rings is 2. The van der Waals surface area contributed by atoms with Gasteiger partial charge in [0, 0.05) is 18.8 Å². The van der Waals surface area contributed by atoms with Crippen molar-refractivity contribution >= 4 is 28.8 Å². The molecule has 0 spiro atoms. The monoisotopic (exact) mass is 384 g/mol. The smallest absolute Gasteiger partial charge is 0.264 e. The van der Waals surface area contributed by atoms with Crippen LogP contribution >= 0.6 is 11.3 Å². The fourth-order valence-corrected chi connectivity index (χ4v) is 3.07. The molecule has 0 saturated heterocycles. The van der Waals surface area contributed by atoms with Crippen molar-refractivity contribution in [3.8, 4) is 11.5 Å². The lowest BCUT2D eigenvalue weighted by Crippen LogP contribution is -2.34. The van der Waals surface area contributed by atoms with Crippen molar-refractivity contribution in [1.29, 1.82) is 0 Å². The Balaban J connectivity index is 1.54. The van der Waals surface area contributed by atoms with E-state index >= 15 is 0 Å². The van der Waals surface area contributed by atoms with Gasteiger partial charge >= 0.3 is 0 Å². The highest BCUT2D eigenvalue weighted by Crippen LogP contribution is 2.23. The molecular formula is C20H17FN2O3S. The van der Waals surface area contributed by atoms with Gasteiger partial charge in [0.05, 0.1) is 11.4 Å². The Bertz CT molecular complexity index is 927. The first-order valence-corrected chi connectivity index (χ1v) is 9.01. The number of rotatable bonds is 6. The van der Waals surface area contributed by atoms with Crippen molar-refractivity contribution in [1.82, 2.24) is 4.90 Å². The third-order valence-corrected chi connectivity index (χ3v) is 4.49. The lowest BCUT2D eigenvalue weighted by Gasteiger charge is -2.16. The molecule has 5 nitrogen and oxygen atoms in total. The van der Waals surface area contributed by atoms with Crippen molar-refractivity contribution in [2.24, 2.45) is 0 Å². The third-order valence-electron chi connectivity index (χ3n) is 3.63. The van der Waals surface area contributed by atoms with E-state index in [2.05, 4.69) is 5.32 Å². The predicted molar refractivity (Wildman–Crippen MR) is 103 cm³/mol. The highest BCUT2D eigenvalue weighted by atomic mass is 32.1. The van der Waals surface area contributed by atoms with Gasteiger partial charge in [-0.05, 0) is 47.8 Å². The Morgan fingerprint density at radius 3 is 2.52 bits per heavy atom. The van der Waals surface area contributed by atoms with Gasteiger partial charge in [-0.1, -0.05) is 12.1 Å². The summed E-state index contributed by atoms with van der Waals surface area (Å²) in [5.74, 6) is 0.0295. The summed E-state index contributed by atoms with van der Waals surface area (Å²) in [6, 6.07) is 16.0. The van der Waals surface area contributed by atoms with Gasteiger partial charge < -0.3 is 15.0 Å². The maximum absolute atomic E-state index is 13.2. The first-order valence-electron chi connectivity index (χ1n) is 8.13. The number of carbonyl (C=O) groups is 2. The van der Waals surface area contributed by atoms with Crippen LogP contribution < -0.4 is 10.1 Å². The number of nitrogens with one attached hydrogen (secondary N) is 1. The van der Waals surface area contributed by atoms with Crippen molar-refractivity contribution in [2.45, 2.75) is 0 Å². The fourth-order valence-electron chi connectivity index (χ4n) is 2.35. The lowest BCUT2D eigenvalue weighted by atomic mass is 10.3. The molecule has 0 saturated carbocycles. The first-order chi connectivity index (χ1) is 13.0. The summed E-state index contributed by atoms with van der Waals surface area (Å²) < 4.78 is 18.7. The molecule has 2 aromatic carbocycles. The van der Waals surface area contributed by atoms with Crippen LogP contribution in [0.4, 0.5) is 10.1 Å². The molecule has 0 atom stereocenters. The van der Waals surface area contributed by atoms with Crippen molar-refractivity contribution in [2.75, 3.05) is 18.9 Å². The van der Waals surface area contributed by atoms with Crippen LogP contribution in [0.5, 0.6) is 11.5 Å². The Hall–Kier alpha value is -3.19. The summed E-state index contributed by atoms with van der Waals surface area (Å²) in [6.07, 6.45) is 0. The van der Waals surface area contributed by atoms with Gasteiger partial charge in [-0.3, -0.25) is 9.59 Å². The Kier molecular flexibility index (Phi) is 5.83. The summed E-state index contributed by atoms with van der Waals surface area (Å²) in [5.41, 5.74) is 0.573. The quantitative estimate of drug-likeness (QED) is 0.686. The zero-order valence-corrected chi connectivity index (χ0v) is 15.3. The zero-order chi connectivity index (χ0) is 19.2. The molecule has 2 amide bonds. The minimum Gasteiger partial charge on any atom is -0.457 e. The van der Waals surface area contributed by atoms with Crippen LogP contribution in [-0.2, 0) is 4.79 Å². The molecule has 1 heterocycles. The summed E-state index contributed by atoms with van der Waals surface area (Å²) in [5, 5.41) is 4.54. The minimum absolute atomic E-state index is 0.0573. The van der Waals surface area contributed by atoms with E-state index in [-0.39, 0.29) is 24.2 Å². The molecule has 3 rings (SSSR count). The first kappa shape index (κ1) is 18.6. The molecule has 3 aromatic rings. The van der Waals surface area contributed by atoms with Crippen LogP contribution in [0, 0.1) is 5.82 Å². The van der Waals surface area contributed by atoms with Gasteiger partial charge in [-0.15, -0.1) is 11.3 Å². The summed E-state index contributed by atoms with van der Waals surface area (Å²) >= 11 is 1.33. The fraction of sp³-hybridized carbons (Fsp3) is 0.100. The van der Waals surface area contributed by atoms with Crippen molar-refractivity contribution in [3.63, 3.8) is 0 Å². The number of nitrogens with zero attached hydrogens (tertiary/aromatic N) is 1. The molecule has 27 heavy (non-hydrogen) atoms. The average molecular weight is 384 g/mol. The van der Waals surface area contributed by atoms with Gasteiger partial charge in [-0.25, -0.2) is 4.39 Å². The lowest BCUT2D eigenvalue weighted by molar-refractivity contribution is -0.116. The second-order valence-corrected chi connectivity index (χ2v) is 6.72. The number of carbonyl (C=O) groups excluding carboxylic acids is 2. The van der Waals surface area contributed by atoms with Crippen molar-refractivity contribution in [3.05, 3.63) is 76.7 Å². The molecule has 0 radical (unpaired) electrons. The van der Waals surface area contributed by atoms with E-state index < -0.39 is 0 Å². The maximum Gasteiger partial charge on any atom is 0.264 e. The number of ether oxygens (including phenoxy) is 1. The zero-order valence-electron chi connectivity index (χ0n) is 14.5.